The highest BCUT2D eigenvalue weighted by Crippen LogP contribution is 2.31. The average molecular weight is 442 g/mol. The summed E-state index contributed by atoms with van der Waals surface area (Å²) in [5, 5.41) is 11.7. The maximum atomic E-state index is 12.8. The summed E-state index contributed by atoms with van der Waals surface area (Å²) in [5.41, 5.74) is 2.61. The molecule has 1 aliphatic rings. The lowest BCUT2D eigenvalue weighted by atomic mass is 10.1. The number of halogens is 1. The number of amides is 2. The minimum Gasteiger partial charge on any atom is -0.495 e. The number of benzene rings is 2. The van der Waals surface area contributed by atoms with Crippen LogP contribution in [-0.2, 0) is 4.79 Å². The van der Waals surface area contributed by atoms with E-state index in [-0.39, 0.29) is 18.4 Å². The van der Waals surface area contributed by atoms with Crippen LogP contribution in [0.4, 0.5) is 5.69 Å². The second kappa shape index (κ2) is 8.93. The zero-order valence-electron chi connectivity index (χ0n) is 17.5. The van der Waals surface area contributed by atoms with Crippen LogP contribution < -0.4 is 10.1 Å². The molecule has 0 spiro atoms. The fraction of sp³-hybridized carbons (Fsp3) is 0.364. The summed E-state index contributed by atoms with van der Waals surface area (Å²) in [4.78, 5) is 26.6. The van der Waals surface area contributed by atoms with Gasteiger partial charge in [-0.1, -0.05) is 29.7 Å². The number of hydrogen-bond donors (Lipinski definition) is 1. The molecule has 0 saturated heterocycles. The highest BCUT2D eigenvalue weighted by atomic mass is 35.5. The van der Waals surface area contributed by atoms with E-state index in [9.17, 15) is 9.59 Å². The third-order valence-electron chi connectivity index (χ3n) is 5.55. The topological polar surface area (TPSA) is 89.3 Å². The highest BCUT2D eigenvalue weighted by molar-refractivity contribution is 6.32. The average Bonchev–Trinajstić information content (AvgIpc) is 3.42. The molecule has 1 saturated carbocycles. The SMILES string of the molecule is COc1ccc(NC(=O)CN(C)C(=O)c2ccc3c(c2)nnn3C2CCCC2)cc1Cl. The molecule has 1 N–H and O–H groups in total. The number of carbonyl (C=O) groups is 2. The fourth-order valence-electron chi connectivity index (χ4n) is 3.95. The van der Waals surface area contributed by atoms with Crippen LogP contribution in [0.2, 0.25) is 5.02 Å². The lowest BCUT2D eigenvalue weighted by Gasteiger charge is -2.17. The molecule has 1 fully saturated rings. The minimum atomic E-state index is -0.328. The maximum Gasteiger partial charge on any atom is 0.254 e. The molecule has 1 aliphatic carbocycles. The van der Waals surface area contributed by atoms with E-state index < -0.39 is 0 Å². The number of aromatic nitrogens is 3. The molecule has 0 unspecified atom stereocenters. The lowest BCUT2D eigenvalue weighted by molar-refractivity contribution is -0.116. The Morgan fingerprint density at radius 2 is 2.00 bits per heavy atom. The Balaban J connectivity index is 1.42. The Kier molecular flexibility index (Phi) is 6.08. The number of fused-ring (bicyclic) bond motifs is 1. The van der Waals surface area contributed by atoms with E-state index in [4.69, 9.17) is 16.3 Å². The largest absolute Gasteiger partial charge is 0.495 e. The molecule has 2 amide bonds. The number of hydrogen-bond acceptors (Lipinski definition) is 5. The van der Waals surface area contributed by atoms with E-state index in [0.29, 0.717) is 33.6 Å². The molecule has 4 rings (SSSR count). The van der Waals surface area contributed by atoms with Crippen molar-refractivity contribution in [1.82, 2.24) is 19.9 Å². The molecular weight excluding hydrogens is 418 g/mol. The van der Waals surface area contributed by atoms with Gasteiger partial charge in [0.1, 0.15) is 11.3 Å². The first kappa shape index (κ1) is 21.1. The van der Waals surface area contributed by atoms with Crippen LogP contribution in [0.1, 0.15) is 42.1 Å². The van der Waals surface area contributed by atoms with E-state index in [2.05, 4.69) is 15.6 Å². The molecule has 162 valence electrons. The number of ether oxygens (including phenoxy) is 1. The number of nitrogens with zero attached hydrogens (tertiary/aromatic N) is 4. The van der Waals surface area contributed by atoms with Gasteiger partial charge in [-0.2, -0.15) is 0 Å². The normalized spacial score (nSPS) is 14.0. The van der Waals surface area contributed by atoms with Crippen molar-refractivity contribution in [2.45, 2.75) is 31.7 Å². The maximum absolute atomic E-state index is 12.8. The second-order valence-electron chi connectivity index (χ2n) is 7.73. The minimum absolute atomic E-state index is 0.102. The van der Waals surface area contributed by atoms with Crippen LogP contribution in [0, 0.1) is 0 Å². The zero-order valence-corrected chi connectivity index (χ0v) is 18.2. The van der Waals surface area contributed by atoms with Crippen LogP contribution in [0.25, 0.3) is 11.0 Å². The molecule has 1 heterocycles. The Morgan fingerprint density at radius 1 is 1.23 bits per heavy atom. The van der Waals surface area contributed by atoms with E-state index in [1.54, 1.807) is 37.4 Å². The summed E-state index contributed by atoms with van der Waals surface area (Å²) in [6.45, 7) is -0.102. The van der Waals surface area contributed by atoms with Gasteiger partial charge in [-0.15, -0.1) is 5.10 Å². The molecular formula is C22H24ClN5O3. The first-order valence-electron chi connectivity index (χ1n) is 10.2. The lowest BCUT2D eigenvalue weighted by Crippen LogP contribution is -2.34. The van der Waals surface area contributed by atoms with Gasteiger partial charge in [-0.05, 0) is 49.2 Å². The van der Waals surface area contributed by atoms with Crippen LogP contribution in [0.15, 0.2) is 36.4 Å². The summed E-state index contributed by atoms with van der Waals surface area (Å²) in [7, 11) is 3.11. The van der Waals surface area contributed by atoms with Gasteiger partial charge in [0.05, 0.1) is 30.2 Å². The molecule has 2 aromatic carbocycles. The summed E-state index contributed by atoms with van der Waals surface area (Å²) in [6, 6.07) is 10.7. The van der Waals surface area contributed by atoms with Gasteiger partial charge >= 0.3 is 0 Å². The molecule has 0 bridgehead atoms. The Morgan fingerprint density at radius 3 is 2.71 bits per heavy atom. The molecule has 31 heavy (non-hydrogen) atoms. The van der Waals surface area contributed by atoms with Crippen molar-refractivity contribution < 1.29 is 14.3 Å². The number of methoxy groups -OCH3 is 1. The highest BCUT2D eigenvalue weighted by Gasteiger charge is 2.21. The fourth-order valence-corrected chi connectivity index (χ4v) is 4.20. The predicted octanol–water partition coefficient (Wildman–Crippen LogP) is 3.92. The standard InChI is InChI=1S/C22H24ClN5O3/c1-27(13-21(29)24-15-8-10-20(31-2)17(23)12-15)22(30)14-7-9-19-18(11-14)25-26-28(19)16-5-3-4-6-16/h7-12,16H,3-6,13H2,1-2H3,(H,24,29). The Labute approximate surface area is 185 Å². The zero-order chi connectivity index (χ0) is 22.0. The van der Waals surface area contributed by atoms with Crippen molar-refractivity contribution in [2.75, 3.05) is 26.0 Å². The summed E-state index contributed by atoms with van der Waals surface area (Å²) >= 11 is 6.09. The number of likely N-dealkylation sites (N-methyl/N-ethyl adjacent to an activating group) is 1. The molecule has 0 aliphatic heterocycles. The first-order chi connectivity index (χ1) is 15.0. The van der Waals surface area contributed by atoms with Crippen molar-refractivity contribution in [1.29, 1.82) is 0 Å². The molecule has 3 aromatic rings. The monoisotopic (exact) mass is 441 g/mol. The third kappa shape index (κ3) is 4.49. The van der Waals surface area contributed by atoms with Crippen LogP contribution in [0.5, 0.6) is 5.75 Å². The van der Waals surface area contributed by atoms with Crippen molar-refractivity contribution in [3.8, 4) is 5.75 Å². The number of rotatable bonds is 6. The smallest absolute Gasteiger partial charge is 0.254 e. The molecule has 8 nitrogen and oxygen atoms in total. The van der Waals surface area contributed by atoms with Gasteiger partial charge in [-0.3, -0.25) is 9.59 Å². The van der Waals surface area contributed by atoms with Crippen LogP contribution in [-0.4, -0.2) is 52.4 Å². The van der Waals surface area contributed by atoms with Crippen molar-refractivity contribution >= 4 is 40.1 Å². The number of carbonyl (C=O) groups excluding carboxylic acids is 2. The molecule has 0 atom stereocenters. The van der Waals surface area contributed by atoms with Gasteiger partial charge in [0.15, 0.2) is 0 Å². The quantitative estimate of drug-likeness (QED) is 0.626. The van der Waals surface area contributed by atoms with Gasteiger partial charge < -0.3 is 15.0 Å². The summed E-state index contributed by atoms with van der Waals surface area (Å²) < 4.78 is 7.07. The predicted molar refractivity (Wildman–Crippen MR) is 119 cm³/mol. The van der Waals surface area contributed by atoms with E-state index >= 15 is 0 Å². The van der Waals surface area contributed by atoms with Crippen molar-refractivity contribution in [2.24, 2.45) is 0 Å². The Hall–Kier alpha value is -3.13. The van der Waals surface area contributed by atoms with Crippen molar-refractivity contribution in [3.05, 3.63) is 47.0 Å². The van der Waals surface area contributed by atoms with E-state index in [0.717, 1.165) is 18.4 Å². The van der Waals surface area contributed by atoms with Gasteiger partial charge in [-0.25, -0.2) is 4.68 Å². The van der Waals surface area contributed by atoms with E-state index in [1.807, 2.05) is 10.7 Å². The molecule has 1 aromatic heterocycles. The van der Waals surface area contributed by atoms with Crippen LogP contribution in [0.3, 0.4) is 0 Å². The summed E-state index contributed by atoms with van der Waals surface area (Å²) in [5.74, 6) is -0.0715. The van der Waals surface area contributed by atoms with Crippen molar-refractivity contribution in [3.63, 3.8) is 0 Å². The van der Waals surface area contributed by atoms with Gasteiger partial charge in [0.2, 0.25) is 5.91 Å². The van der Waals surface area contributed by atoms with E-state index in [1.165, 1.54) is 24.9 Å². The first-order valence-corrected chi connectivity index (χ1v) is 10.6. The third-order valence-corrected chi connectivity index (χ3v) is 5.85. The second-order valence-corrected chi connectivity index (χ2v) is 8.14. The molecule has 0 radical (unpaired) electrons. The summed E-state index contributed by atoms with van der Waals surface area (Å²) in [6.07, 6.45) is 4.63. The number of anilines is 1. The molecule has 9 heteroatoms. The van der Waals surface area contributed by atoms with Gasteiger partial charge in [0.25, 0.3) is 5.91 Å². The number of nitrogens with one attached hydrogen (secondary N) is 1. The van der Waals surface area contributed by atoms with Crippen LogP contribution >= 0.6 is 11.6 Å². The Bertz CT molecular complexity index is 1120. The van der Waals surface area contributed by atoms with Gasteiger partial charge in [0, 0.05) is 18.3 Å².